The number of nitrogens with zero attached hydrogens (tertiary/aromatic N) is 1. The molecule has 0 saturated carbocycles. The first kappa shape index (κ1) is 22.0. The molecule has 6 heteroatoms. The van der Waals surface area contributed by atoms with Crippen LogP contribution in [0, 0.1) is 13.8 Å². The van der Waals surface area contributed by atoms with Crippen LogP contribution >= 0.6 is 15.9 Å². The van der Waals surface area contributed by atoms with Gasteiger partial charge < -0.3 is 15.0 Å². The smallest absolute Gasteiger partial charge is 0.261 e. The van der Waals surface area contributed by atoms with Gasteiger partial charge in [0.2, 0.25) is 5.91 Å². The molecule has 28 heavy (non-hydrogen) atoms. The van der Waals surface area contributed by atoms with E-state index < -0.39 is 6.04 Å². The molecular weight excluding hydrogens is 420 g/mol. The van der Waals surface area contributed by atoms with Gasteiger partial charge >= 0.3 is 0 Å². The first-order valence-electron chi connectivity index (χ1n) is 9.28. The van der Waals surface area contributed by atoms with Gasteiger partial charge in [-0.1, -0.05) is 46.3 Å². The van der Waals surface area contributed by atoms with Crippen LogP contribution in [-0.4, -0.2) is 43.0 Å². The highest BCUT2D eigenvalue weighted by molar-refractivity contribution is 9.10. The largest absolute Gasteiger partial charge is 0.484 e. The first-order chi connectivity index (χ1) is 13.3. The molecule has 2 rings (SSSR count). The maximum absolute atomic E-state index is 12.8. The number of aryl methyl sites for hydroxylation is 2. The summed E-state index contributed by atoms with van der Waals surface area (Å²) in [5.41, 5.74) is 3.20. The summed E-state index contributed by atoms with van der Waals surface area (Å²) in [6.45, 7) is 6.02. The molecule has 0 radical (unpaired) electrons. The number of carbonyl (C=O) groups is 2. The summed E-state index contributed by atoms with van der Waals surface area (Å²) < 4.78 is 6.77. The number of amides is 2. The minimum atomic E-state index is -0.571. The van der Waals surface area contributed by atoms with E-state index in [-0.39, 0.29) is 18.4 Å². The van der Waals surface area contributed by atoms with Crippen molar-refractivity contribution < 1.29 is 14.3 Å². The second kappa shape index (κ2) is 10.3. The van der Waals surface area contributed by atoms with Crippen molar-refractivity contribution in [2.75, 3.05) is 20.2 Å². The Bertz CT molecular complexity index is 801. The van der Waals surface area contributed by atoms with E-state index >= 15 is 0 Å². The highest BCUT2D eigenvalue weighted by atomic mass is 79.9. The molecule has 0 aliphatic carbocycles. The summed E-state index contributed by atoms with van der Waals surface area (Å²) in [7, 11) is 1.57. The number of hydrogen-bond donors (Lipinski definition) is 1. The third kappa shape index (κ3) is 5.83. The second-order valence-corrected chi connectivity index (χ2v) is 7.57. The Labute approximate surface area is 175 Å². The van der Waals surface area contributed by atoms with Crippen molar-refractivity contribution in [1.82, 2.24) is 10.2 Å². The average molecular weight is 447 g/mol. The van der Waals surface area contributed by atoms with E-state index in [1.807, 2.05) is 56.3 Å². The number of nitrogens with one attached hydrogen (secondary N) is 1. The molecule has 2 aromatic carbocycles. The molecule has 2 aromatic rings. The van der Waals surface area contributed by atoms with Crippen LogP contribution in [0.15, 0.2) is 46.9 Å². The molecule has 1 N–H and O–H groups in total. The van der Waals surface area contributed by atoms with Gasteiger partial charge in [-0.05, 0) is 56.0 Å². The molecule has 0 heterocycles. The fraction of sp³-hybridized carbons (Fsp3) is 0.364. The van der Waals surface area contributed by atoms with Crippen LogP contribution < -0.4 is 10.1 Å². The zero-order valence-corrected chi connectivity index (χ0v) is 18.4. The molecule has 0 aliphatic heterocycles. The molecule has 5 nitrogen and oxygen atoms in total. The highest BCUT2D eigenvalue weighted by Crippen LogP contribution is 2.26. The Kier molecular flexibility index (Phi) is 8.05. The fourth-order valence-electron chi connectivity index (χ4n) is 3.00. The van der Waals surface area contributed by atoms with Crippen molar-refractivity contribution in [2.45, 2.75) is 33.2 Å². The summed E-state index contributed by atoms with van der Waals surface area (Å²) in [6.07, 6.45) is 0.671. The van der Waals surface area contributed by atoms with Gasteiger partial charge in [-0.15, -0.1) is 0 Å². The normalized spacial score (nSPS) is 11.6. The zero-order valence-electron chi connectivity index (χ0n) is 16.8. The van der Waals surface area contributed by atoms with E-state index in [1.54, 1.807) is 18.9 Å². The maximum Gasteiger partial charge on any atom is 0.261 e. The summed E-state index contributed by atoms with van der Waals surface area (Å²) in [6, 6.07) is 13.1. The predicted molar refractivity (Wildman–Crippen MR) is 114 cm³/mol. The molecule has 0 bridgehead atoms. The lowest BCUT2D eigenvalue weighted by atomic mass is 10.1. The third-order valence-electron chi connectivity index (χ3n) is 4.67. The monoisotopic (exact) mass is 446 g/mol. The lowest BCUT2D eigenvalue weighted by molar-refractivity contribution is -0.141. The molecule has 150 valence electrons. The van der Waals surface area contributed by atoms with E-state index in [9.17, 15) is 9.59 Å². The molecule has 2 amide bonds. The second-order valence-electron chi connectivity index (χ2n) is 6.77. The van der Waals surface area contributed by atoms with Gasteiger partial charge in [0, 0.05) is 18.1 Å². The van der Waals surface area contributed by atoms with Crippen LogP contribution in [0.2, 0.25) is 0 Å². The van der Waals surface area contributed by atoms with E-state index in [2.05, 4.69) is 21.2 Å². The van der Waals surface area contributed by atoms with Crippen molar-refractivity contribution in [1.29, 1.82) is 0 Å². The van der Waals surface area contributed by atoms with Crippen molar-refractivity contribution in [3.63, 3.8) is 0 Å². The van der Waals surface area contributed by atoms with E-state index in [0.29, 0.717) is 18.7 Å². The lowest BCUT2D eigenvalue weighted by Crippen LogP contribution is -2.49. The molecule has 0 saturated heterocycles. The standard InChI is InChI=1S/C22H27BrN2O3/c1-15-12-19(13-16(2)21(15)23)28-14-20(26)25(17(3)22(27)24-4)11-10-18-8-6-5-7-9-18/h5-9,12-13,17H,10-11,14H2,1-4H3,(H,24,27). The van der Waals surface area contributed by atoms with Gasteiger partial charge in [-0.2, -0.15) is 0 Å². The van der Waals surface area contributed by atoms with Crippen molar-refractivity contribution in [3.8, 4) is 5.75 Å². The highest BCUT2D eigenvalue weighted by Gasteiger charge is 2.25. The SMILES string of the molecule is CNC(=O)C(C)N(CCc1ccccc1)C(=O)COc1cc(C)c(Br)c(C)c1. The number of halogens is 1. The number of likely N-dealkylation sites (N-methyl/N-ethyl adjacent to an activating group) is 1. The molecule has 0 spiro atoms. The van der Waals surface area contributed by atoms with Crippen LogP contribution in [0.3, 0.4) is 0 Å². The number of ether oxygens (including phenoxy) is 1. The third-order valence-corrected chi connectivity index (χ3v) is 5.92. The van der Waals surface area contributed by atoms with Crippen LogP contribution in [0.4, 0.5) is 0 Å². The molecule has 1 unspecified atom stereocenters. The number of carbonyl (C=O) groups excluding carboxylic acids is 2. The van der Waals surface area contributed by atoms with Gasteiger partial charge in [0.1, 0.15) is 11.8 Å². The summed E-state index contributed by atoms with van der Waals surface area (Å²) in [5, 5.41) is 2.61. The Hall–Kier alpha value is -2.34. The van der Waals surface area contributed by atoms with Crippen LogP contribution in [0.1, 0.15) is 23.6 Å². The first-order valence-corrected chi connectivity index (χ1v) is 10.1. The minimum absolute atomic E-state index is 0.114. The van der Waals surface area contributed by atoms with Crippen molar-refractivity contribution in [2.24, 2.45) is 0 Å². The number of hydrogen-bond acceptors (Lipinski definition) is 3. The fourth-order valence-corrected chi connectivity index (χ4v) is 3.23. The van der Waals surface area contributed by atoms with Crippen LogP contribution in [0.25, 0.3) is 0 Å². The zero-order chi connectivity index (χ0) is 20.7. The lowest BCUT2D eigenvalue weighted by Gasteiger charge is -2.28. The Balaban J connectivity index is 2.08. The Morgan fingerprint density at radius 3 is 2.32 bits per heavy atom. The van der Waals surface area contributed by atoms with Gasteiger partial charge in [0.15, 0.2) is 6.61 Å². The van der Waals surface area contributed by atoms with E-state index in [0.717, 1.165) is 21.2 Å². The maximum atomic E-state index is 12.8. The van der Waals surface area contributed by atoms with E-state index in [1.165, 1.54) is 0 Å². The summed E-state index contributed by atoms with van der Waals surface area (Å²) in [4.78, 5) is 26.5. The van der Waals surface area contributed by atoms with Crippen LogP contribution in [0.5, 0.6) is 5.75 Å². The van der Waals surface area contributed by atoms with E-state index in [4.69, 9.17) is 4.74 Å². The molecule has 1 atom stereocenters. The van der Waals surface area contributed by atoms with Gasteiger partial charge in [-0.3, -0.25) is 9.59 Å². The predicted octanol–water partition coefficient (Wildman–Crippen LogP) is 3.65. The topological polar surface area (TPSA) is 58.6 Å². The van der Waals surface area contributed by atoms with Gasteiger partial charge in [0.25, 0.3) is 5.91 Å². The number of rotatable bonds is 8. The quantitative estimate of drug-likeness (QED) is 0.672. The summed E-state index contributed by atoms with van der Waals surface area (Å²) in [5.74, 6) is 0.226. The van der Waals surface area contributed by atoms with Crippen LogP contribution in [-0.2, 0) is 16.0 Å². The van der Waals surface area contributed by atoms with Gasteiger partial charge in [-0.25, -0.2) is 0 Å². The molecular formula is C22H27BrN2O3. The Morgan fingerprint density at radius 1 is 1.14 bits per heavy atom. The average Bonchev–Trinajstić information content (AvgIpc) is 2.70. The van der Waals surface area contributed by atoms with Crippen molar-refractivity contribution in [3.05, 3.63) is 63.6 Å². The molecule has 0 fully saturated rings. The molecule has 0 aliphatic rings. The van der Waals surface area contributed by atoms with Gasteiger partial charge in [0.05, 0.1) is 0 Å². The Morgan fingerprint density at radius 2 is 1.75 bits per heavy atom. The number of benzene rings is 2. The summed E-state index contributed by atoms with van der Waals surface area (Å²) >= 11 is 3.53. The molecule has 0 aromatic heterocycles. The minimum Gasteiger partial charge on any atom is -0.484 e. The van der Waals surface area contributed by atoms with Crippen molar-refractivity contribution >= 4 is 27.7 Å².